The van der Waals surface area contributed by atoms with E-state index < -0.39 is 0 Å². The maximum Gasteiger partial charge on any atom is 0.00366 e. The fourth-order valence-electron chi connectivity index (χ4n) is 1.15. The van der Waals surface area contributed by atoms with E-state index in [0.29, 0.717) is 0 Å². The Bertz CT molecular complexity index is 161. The Morgan fingerprint density at radius 1 is 1.05 bits per heavy atom. The van der Waals surface area contributed by atoms with E-state index >= 15 is 0 Å². The molecule has 2 aliphatic rings. The Balaban J connectivity index is -0.0000000377. The average Bonchev–Trinajstić information content (AvgIpc) is 2.05. The molecule has 2 aliphatic heterocycles. The molecular weight excluding hydrogens is 454 g/mol. The van der Waals surface area contributed by atoms with Gasteiger partial charge in [-0.15, -0.1) is 0 Å². The van der Waals surface area contributed by atoms with E-state index in [1.807, 2.05) is 11.8 Å². The quantitative estimate of drug-likeness (QED) is 0.428. The number of hydrogen-bond donors (Lipinski definition) is 0. The summed E-state index contributed by atoms with van der Waals surface area (Å²) in [5.74, 6) is 6.45. The minimum Gasteiger partial charge on any atom is -0.440 e. The Morgan fingerprint density at radius 2 is 1.50 bits per heavy atom. The monoisotopic (exact) mass is 488 g/mol. The van der Waals surface area contributed by atoms with Crippen LogP contribution in [0, 0.1) is 17.7 Å². The van der Waals surface area contributed by atoms with Crippen molar-refractivity contribution in [3.63, 3.8) is 0 Å². The Hall–Kier alpha value is 3.00. The van der Waals surface area contributed by atoms with Crippen LogP contribution in [0.25, 0.3) is 0 Å². The van der Waals surface area contributed by atoms with E-state index in [0.717, 1.165) is 11.2 Å². The second-order valence-electron chi connectivity index (χ2n) is 3.47. The van der Waals surface area contributed by atoms with Crippen molar-refractivity contribution in [2.75, 3.05) is 23.0 Å². The van der Waals surface area contributed by atoms with Crippen molar-refractivity contribution >= 4 is 35.3 Å². The van der Waals surface area contributed by atoms with Gasteiger partial charge in [0.15, 0.2) is 0 Å². The minimum atomic E-state index is 0. The van der Waals surface area contributed by atoms with Crippen molar-refractivity contribution in [3.8, 4) is 0 Å². The van der Waals surface area contributed by atoms with Gasteiger partial charge in [0, 0.05) is 76.9 Å². The minimum absolute atomic E-state index is 0. The number of rotatable bonds is 4. The van der Waals surface area contributed by atoms with Gasteiger partial charge >= 0.3 is 0 Å². The summed E-state index contributed by atoms with van der Waals surface area (Å²) in [7, 11) is 0. The van der Waals surface area contributed by atoms with Crippen LogP contribution in [0.4, 0.5) is 0 Å². The summed E-state index contributed by atoms with van der Waals surface area (Å²) in [6.07, 6.45) is 3.61. The van der Waals surface area contributed by atoms with E-state index in [4.69, 9.17) is 0 Å². The first-order valence-electron chi connectivity index (χ1n) is 4.97. The van der Waals surface area contributed by atoms with E-state index in [1.165, 1.54) is 29.4 Å². The first-order chi connectivity index (χ1) is 6.86. The molecule has 0 aromatic heterocycles. The molecule has 2 rings (SSSR count). The standard InChI is InChI=1S/C6H11S.C5H7S2.4CH4.2Y/c1-2-3-6-4-7-5-6;1-2-7-5-3-6-4-5;;;;;;/h2,6H,3-5H2,1H3;5H,1,3-4H2;4*1H4;;/q2*-1;;;;;;. The van der Waals surface area contributed by atoms with Gasteiger partial charge in [-0.2, -0.15) is 36.9 Å². The summed E-state index contributed by atoms with van der Waals surface area (Å²) < 4.78 is 0. The average molecular weight is 488 g/mol. The van der Waals surface area contributed by atoms with Gasteiger partial charge in [-0.25, -0.2) is 0 Å². The van der Waals surface area contributed by atoms with Crippen LogP contribution < -0.4 is 0 Å². The van der Waals surface area contributed by atoms with E-state index in [2.05, 4.69) is 37.1 Å². The van der Waals surface area contributed by atoms with Crippen LogP contribution in [0.1, 0.15) is 43.1 Å². The molecule has 20 heavy (non-hydrogen) atoms. The molecule has 0 spiro atoms. The van der Waals surface area contributed by atoms with Gasteiger partial charge in [-0.1, -0.05) is 35.6 Å². The third-order valence-corrected chi connectivity index (χ3v) is 6.08. The molecule has 0 aromatic carbocycles. The molecule has 2 heterocycles. The third kappa shape index (κ3) is 19.0. The Kier molecular flexibility index (Phi) is 51.8. The van der Waals surface area contributed by atoms with Crippen molar-refractivity contribution in [2.24, 2.45) is 5.92 Å². The van der Waals surface area contributed by atoms with Crippen molar-refractivity contribution in [3.05, 3.63) is 18.4 Å². The zero-order chi connectivity index (χ0) is 10.2. The fraction of sp³-hybridized carbons (Fsp3) is 0.800. The molecule has 0 aliphatic carbocycles. The molecule has 2 saturated heterocycles. The van der Waals surface area contributed by atoms with Crippen LogP contribution in [0.15, 0.2) is 6.58 Å². The summed E-state index contributed by atoms with van der Waals surface area (Å²) in [5, 5.41) is 3.66. The predicted octanol–water partition coefficient (Wildman–Crippen LogP) is 6.28. The molecule has 0 saturated carbocycles. The fourth-order valence-corrected chi connectivity index (χ4v) is 3.78. The van der Waals surface area contributed by atoms with Gasteiger partial charge in [0.25, 0.3) is 0 Å². The topological polar surface area (TPSA) is 0 Å². The van der Waals surface area contributed by atoms with Crippen LogP contribution in [0.2, 0.25) is 0 Å². The van der Waals surface area contributed by atoms with Gasteiger partial charge in [0.05, 0.1) is 0 Å². The zero-order valence-corrected chi connectivity index (χ0v) is 18.0. The zero-order valence-electron chi connectivity index (χ0n) is 9.85. The van der Waals surface area contributed by atoms with Gasteiger partial charge in [-0.3, -0.25) is 6.58 Å². The molecular formula is C15H34S3Y2-2. The molecule has 0 atom stereocenters. The van der Waals surface area contributed by atoms with Crippen molar-refractivity contribution < 1.29 is 65.4 Å². The summed E-state index contributed by atoms with van der Waals surface area (Å²) >= 11 is 5.80. The first kappa shape index (κ1) is 38.5. The number of hydrogen-bond acceptors (Lipinski definition) is 3. The van der Waals surface area contributed by atoms with Crippen molar-refractivity contribution in [1.82, 2.24) is 0 Å². The molecule has 2 radical (unpaired) electrons. The van der Waals surface area contributed by atoms with Gasteiger partial charge < -0.3 is 23.6 Å². The van der Waals surface area contributed by atoms with Crippen molar-refractivity contribution in [1.29, 1.82) is 0 Å². The number of thioether (sulfide) groups is 3. The van der Waals surface area contributed by atoms with Gasteiger partial charge in [0.2, 0.25) is 0 Å². The first-order valence-corrected chi connectivity index (χ1v) is 8.16. The molecule has 0 unspecified atom stereocenters. The molecule has 0 aromatic rings. The molecule has 5 heteroatoms. The van der Waals surface area contributed by atoms with Gasteiger partial charge in [-0.05, 0) is 16.8 Å². The van der Waals surface area contributed by atoms with Crippen LogP contribution >= 0.6 is 35.3 Å². The van der Waals surface area contributed by atoms with Crippen LogP contribution in [-0.4, -0.2) is 28.3 Å². The molecule has 0 bridgehead atoms. The SMILES string of the molecule is C.C.C.C.C=[C-]SC1CSC1.C[CH-]CC1CSC1.[Y].[Y]. The normalized spacial score (nSPS) is 15.1. The summed E-state index contributed by atoms with van der Waals surface area (Å²) in [6, 6.07) is 0. The van der Waals surface area contributed by atoms with Crippen LogP contribution in [0.5, 0.6) is 0 Å². The maximum atomic E-state index is 3.51. The van der Waals surface area contributed by atoms with E-state index in [1.54, 1.807) is 11.8 Å². The van der Waals surface area contributed by atoms with E-state index in [-0.39, 0.29) is 95.1 Å². The van der Waals surface area contributed by atoms with Crippen molar-refractivity contribution in [2.45, 2.75) is 48.3 Å². The molecule has 2 fully saturated rings. The summed E-state index contributed by atoms with van der Waals surface area (Å²) in [6.45, 7) is 5.65. The summed E-state index contributed by atoms with van der Waals surface area (Å²) in [5.41, 5.74) is 0. The van der Waals surface area contributed by atoms with Crippen LogP contribution in [-0.2, 0) is 65.4 Å². The molecule has 0 nitrogen and oxygen atoms in total. The molecule has 0 amide bonds. The second kappa shape index (κ2) is 26.9. The van der Waals surface area contributed by atoms with Crippen LogP contribution in [0.3, 0.4) is 0 Å². The Morgan fingerprint density at radius 3 is 1.60 bits per heavy atom. The molecule has 120 valence electrons. The predicted molar refractivity (Wildman–Crippen MR) is 99.9 cm³/mol. The maximum absolute atomic E-state index is 3.51. The Labute approximate surface area is 193 Å². The second-order valence-corrected chi connectivity index (χ2v) is 6.81. The van der Waals surface area contributed by atoms with Gasteiger partial charge in [0.1, 0.15) is 0 Å². The third-order valence-electron chi connectivity index (χ3n) is 2.13. The van der Waals surface area contributed by atoms with E-state index in [9.17, 15) is 0 Å². The largest absolute Gasteiger partial charge is 0.440 e. The molecule has 0 N–H and O–H groups in total. The smallest absolute Gasteiger partial charge is 0.00366 e. The summed E-state index contributed by atoms with van der Waals surface area (Å²) in [4.78, 5) is 0.